The molecule has 2 unspecified atom stereocenters. The van der Waals surface area contributed by atoms with E-state index in [1.54, 1.807) is 4.90 Å². The Morgan fingerprint density at radius 1 is 1.33 bits per heavy atom. The van der Waals surface area contributed by atoms with Gasteiger partial charge in [0.05, 0.1) is 4.92 Å². The number of likely N-dealkylation sites (tertiary alicyclic amines) is 1. The van der Waals surface area contributed by atoms with Gasteiger partial charge in [-0.25, -0.2) is 4.79 Å². The molecule has 1 fully saturated rings. The van der Waals surface area contributed by atoms with Crippen molar-refractivity contribution in [3.05, 3.63) is 38.9 Å². The third kappa shape index (κ3) is 4.03. The lowest BCUT2D eigenvalue weighted by molar-refractivity contribution is -0.385. The van der Waals surface area contributed by atoms with Gasteiger partial charge in [0, 0.05) is 23.2 Å². The van der Waals surface area contributed by atoms with Crippen LogP contribution in [0, 0.1) is 10.1 Å². The summed E-state index contributed by atoms with van der Waals surface area (Å²) in [5.74, 6) is -1.20. The Balaban J connectivity index is 2.05. The van der Waals surface area contributed by atoms with Crippen LogP contribution in [-0.4, -0.2) is 40.4 Å². The topological polar surface area (TPSA) is 89.8 Å². The van der Waals surface area contributed by atoms with Gasteiger partial charge < -0.3 is 9.64 Å². The number of hydrogen-bond acceptors (Lipinski definition) is 5. The van der Waals surface area contributed by atoms with Crippen LogP contribution in [0.4, 0.5) is 5.69 Å². The Bertz CT molecular complexity index is 654. The second-order valence-corrected chi connectivity index (χ2v) is 6.36. The highest BCUT2D eigenvalue weighted by Gasteiger charge is 2.30. The van der Waals surface area contributed by atoms with Gasteiger partial charge in [-0.1, -0.05) is 11.6 Å². The molecule has 24 heavy (non-hydrogen) atoms. The third-order valence-corrected chi connectivity index (χ3v) is 4.42. The second-order valence-electron chi connectivity index (χ2n) is 5.92. The maximum absolute atomic E-state index is 12.3. The molecule has 1 aromatic carbocycles. The van der Waals surface area contributed by atoms with E-state index in [4.69, 9.17) is 16.3 Å². The van der Waals surface area contributed by atoms with Crippen molar-refractivity contribution in [2.24, 2.45) is 0 Å². The first-order chi connectivity index (χ1) is 11.3. The summed E-state index contributed by atoms with van der Waals surface area (Å²) in [6, 6.07) is 3.84. The Hall–Kier alpha value is -2.15. The van der Waals surface area contributed by atoms with E-state index in [1.165, 1.54) is 12.1 Å². The molecule has 0 radical (unpaired) electrons. The van der Waals surface area contributed by atoms with Crippen molar-refractivity contribution in [2.45, 2.75) is 45.2 Å². The van der Waals surface area contributed by atoms with Crippen LogP contribution in [0.5, 0.6) is 0 Å². The number of benzene rings is 1. The molecule has 1 heterocycles. The molecule has 2 atom stereocenters. The minimum atomic E-state index is -0.913. The number of nitro groups is 1. The number of nitro benzene ring substituents is 1. The quantitative estimate of drug-likeness (QED) is 0.470. The van der Waals surface area contributed by atoms with Crippen molar-refractivity contribution in [1.82, 2.24) is 4.90 Å². The summed E-state index contributed by atoms with van der Waals surface area (Å²) in [6.07, 6.45) is 2.88. The van der Waals surface area contributed by atoms with Crippen molar-refractivity contribution in [1.29, 1.82) is 0 Å². The van der Waals surface area contributed by atoms with Crippen LogP contribution in [0.2, 0.25) is 5.02 Å². The van der Waals surface area contributed by atoms with E-state index in [-0.39, 0.29) is 28.6 Å². The summed E-state index contributed by atoms with van der Waals surface area (Å²) in [5, 5.41) is 11.2. The number of halogens is 1. The Morgan fingerprint density at radius 2 is 1.96 bits per heavy atom. The molecule has 0 N–H and O–H groups in total. The number of hydrogen-bond donors (Lipinski definition) is 0. The molecule has 0 saturated carbocycles. The lowest BCUT2D eigenvalue weighted by Gasteiger charge is -2.38. The Kier molecular flexibility index (Phi) is 5.77. The molecule has 0 aromatic heterocycles. The lowest BCUT2D eigenvalue weighted by Crippen LogP contribution is -2.49. The minimum Gasteiger partial charge on any atom is -0.452 e. The van der Waals surface area contributed by atoms with Gasteiger partial charge in [0.25, 0.3) is 11.6 Å². The summed E-state index contributed by atoms with van der Waals surface area (Å²) in [4.78, 5) is 36.4. The van der Waals surface area contributed by atoms with Gasteiger partial charge in [-0.15, -0.1) is 0 Å². The van der Waals surface area contributed by atoms with E-state index in [1.807, 2.05) is 13.8 Å². The zero-order valence-electron chi connectivity index (χ0n) is 13.5. The summed E-state index contributed by atoms with van der Waals surface area (Å²) in [7, 11) is 0. The molecule has 1 aromatic rings. The Morgan fingerprint density at radius 3 is 2.54 bits per heavy atom. The predicted octanol–water partition coefficient (Wildman–Crippen LogP) is 3.19. The molecule has 1 aliphatic heterocycles. The number of nitrogens with zero attached hydrogens (tertiary/aromatic N) is 2. The molecule has 1 aliphatic rings. The van der Waals surface area contributed by atoms with Gasteiger partial charge in [-0.2, -0.15) is 0 Å². The normalized spacial score (nSPS) is 20.5. The fourth-order valence-electron chi connectivity index (χ4n) is 3.02. The zero-order chi connectivity index (χ0) is 17.9. The molecule has 8 heteroatoms. The van der Waals surface area contributed by atoms with Crippen molar-refractivity contribution < 1.29 is 19.2 Å². The highest BCUT2D eigenvalue weighted by atomic mass is 35.5. The van der Waals surface area contributed by atoms with Gasteiger partial charge in [-0.05, 0) is 45.2 Å². The van der Waals surface area contributed by atoms with Crippen LogP contribution in [-0.2, 0) is 9.53 Å². The Labute approximate surface area is 144 Å². The predicted molar refractivity (Wildman–Crippen MR) is 88.0 cm³/mol. The molecule has 7 nitrogen and oxygen atoms in total. The first-order valence-electron chi connectivity index (χ1n) is 7.73. The fourth-order valence-corrected chi connectivity index (χ4v) is 3.19. The van der Waals surface area contributed by atoms with Crippen LogP contribution < -0.4 is 0 Å². The standard InChI is InChI=1S/C16H19ClN2O5/c1-10-4-3-5-11(2)18(10)15(20)9-24-16(21)13-7-6-12(17)8-14(13)19(22)23/h6-8,10-11H,3-5,9H2,1-2H3. The van der Waals surface area contributed by atoms with Crippen molar-refractivity contribution in [3.8, 4) is 0 Å². The summed E-state index contributed by atoms with van der Waals surface area (Å²) >= 11 is 5.71. The third-order valence-electron chi connectivity index (χ3n) is 4.18. The number of rotatable bonds is 4. The molecular weight excluding hydrogens is 336 g/mol. The second kappa shape index (κ2) is 7.61. The molecule has 1 saturated heterocycles. The first kappa shape index (κ1) is 18.2. The number of amides is 1. The van der Waals surface area contributed by atoms with Crippen LogP contribution in [0.25, 0.3) is 0 Å². The smallest absolute Gasteiger partial charge is 0.345 e. The highest BCUT2D eigenvalue weighted by Crippen LogP contribution is 2.25. The van der Waals surface area contributed by atoms with Crippen molar-refractivity contribution >= 4 is 29.2 Å². The van der Waals surface area contributed by atoms with Gasteiger partial charge in [0.1, 0.15) is 5.56 Å². The molecule has 2 rings (SSSR count). The number of carbonyl (C=O) groups excluding carboxylic acids is 2. The van der Waals surface area contributed by atoms with E-state index in [9.17, 15) is 19.7 Å². The fraction of sp³-hybridized carbons (Fsp3) is 0.500. The van der Waals surface area contributed by atoms with Crippen LogP contribution in [0.15, 0.2) is 18.2 Å². The molecular formula is C16H19ClN2O5. The number of piperidine rings is 1. The molecule has 0 bridgehead atoms. The number of carbonyl (C=O) groups is 2. The van der Waals surface area contributed by atoms with Gasteiger partial charge >= 0.3 is 5.97 Å². The summed E-state index contributed by atoms with van der Waals surface area (Å²) in [6.45, 7) is 3.48. The van der Waals surface area contributed by atoms with Crippen LogP contribution >= 0.6 is 11.6 Å². The minimum absolute atomic E-state index is 0.0878. The zero-order valence-corrected chi connectivity index (χ0v) is 14.3. The SMILES string of the molecule is CC1CCCC(C)N1C(=O)COC(=O)c1ccc(Cl)cc1[N+](=O)[O-]. The maximum Gasteiger partial charge on any atom is 0.345 e. The molecule has 130 valence electrons. The average Bonchev–Trinajstić information content (AvgIpc) is 2.52. The van der Waals surface area contributed by atoms with E-state index in [0.717, 1.165) is 25.3 Å². The lowest BCUT2D eigenvalue weighted by atomic mass is 9.97. The van der Waals surface area contributed by atoms with E-state index >= 15 is 0 Å². The summed E-state index contributed by atoms with van der Waals surface area (Å²) in [5.41, 5.74) is -0.670. The van der Waals surface area contributed by atoms with Crippen LogP contribution in [0.3, 0.4) is 0 Å². The molecule has 0 aliphatic carbocycles. The van der Waals surface area contributed by atoms with Gasteiger partial charge in [-0.3, -0.25) is 14.9 Å². The van der Waals surface area contributed by atoms with E-state index in [0.29, 0.717) is 0 Å². The van der Waals surface area contributed by atoms with Crippen molar-refractivity contribution in [3.63, 3.8) is 0 Å². The van der Waals surface area contributed by atoms with Crippen molar-refractivity contribution in [2.75, 3.05) is 6.61 Å². The largest absolute Gasteiger partial charge is 0.452 e. The highest BCUT2D eigenvalue weighted by molar-refractivity contribution is 6.31. The monoisotopic (exact) mass is 354 g/mol. The maximum atomic E-state index is 12.3. The van der Waals surface area contributed by atoms with E-state index in [2.05, 4.69) is 0 Å². The van der Waals surface area contributed by atoms with E-state index < -0.39 is 23.2 Å². The molecule has 0 spiro atoms. The van der Waals surface area contributed by atoms with Gasteiger partial charge in [0.2, 0.25) is 0 Å². The van der Waals surface area contributed by atoms with Crippen LogP contribution in [0.1, 0.15) is 43.5 Å². The first-order valence-corrected chi connectivity index (χ1v) is 8.11. The summed E-state index contributed by atoms with van der Waals surface area (Å²) < 4.78 is 4.99. The van der Waals surface area contributed by atoms with Gasteiger partial charge in [0.15, 0.2) is 6.61 Å². The number of esters is 1. The average molecular weight is 355 g/mol. The number of ether oxygens (including phenoxy) is 1. The molecule has 1 amide bonds.